The molecule has 0 saturated carbocycles. The van der Waals surface area contributed by atoms with E-state index in [4.69, 9.17) is 4.42 Å². The van der Waals surface area contributed by atoms with Crippen LogP contribution in [0.25, 0.3) is 87.6 Å². The fraction of sp³-hybridized carbons (Fsp3) is 0.0357. The lowest BCUT2D eigenvalue weighted by atomic mass is 9.82. The second kappa shape index (κ2) is 13.8. The third-order valence-corrected chi connectivity index (χ3v) is 11.9. The van der Waals surface area contributed by atoms with Crippen LogP contribution >= 0.6 is 0 Å². The second-order valence-corrected chi connectivity index (χ2v) is 15.2. The molecule has 0 aliphatic carbocycles. The Morgan fingerprint density at radius 1 is 0.351 bits per heavy atom. The molecule has 0 N–H and O–H groups in total. The quantitative estimate of drug-likeness (QED) is 0.149. The first-order chi connectivity index (χ1) is 28.3. The van der Waals surface area contributed by atoms with Crippen LogP contribution in [0.2, 0.25) is 0 Å². The predicted octanol–water partition coefficient (Wildman–Crippen LogP) is 15.4. The molecule has 1 nitrogen and oxygen atoms in total. The molecule has 0 fully saturated rings. The van der Waals surface area contributed by atoms with Crippen LogP contribution in [0.3, 0.4) is 0 Å². The maximum absolute atomic E-state index is 6.82. The molecule has 0 saturated heterocycles. The van der Waals surface area contributed by atoms with Crippen molar-refractivity contribution >= 4 is 54.3 Å². The van der Waals surface area contributed by atoms with Gasteiger partial charge in [0, 0.05) is 16.7 Å². The third-order valence-electron chi connectivity index (χ3n) is 11.9. The van der Waals surface area contributed by atoms with Crippen molar-refractivity contribution in [2.45, 2.75) is 12.3 Å². The summed E-state index contributed by atoms with van der Waals surface area (Å²) in [7, 11) is 0. The number of fused-ring (bicyclic) bond motifs is 8. The summed E-state index contributed by atoms with van der Waals surface area (Å²) in [6.07, 6.45) is 0.846. The standard InChI is InChI=1S/C56H38O/c1-3-14-38(15-4-1)39-28-26-37(27-29-39)34-50(41-30-32-42(33-31-41)51-35-43-18-7-8-19-44(43)45-20-9-10-21-46(45)51)49-24-13-25-53-55(49)56-48-23-12-11-22-47(48)52(36-54(56)57-53)40-16-5-2-6-17-40/h1-33,35-36,50H,34H2. The van der Waals surface area contributed by atoms with Crippen LogP contribution in [0.15, 0.2) is 217 Å². The Morgan fingerprint density at radius 2 is 0.895 bits per heavy atom. The van der Waals surface area contributed by atoms with Crippen molar-refractivity contribution in [3.8, 4) is 33.4 Å². The summed E-state index contributed by atoms with van der Waals surface area (Å²) in [6, 6.07) is 77.3. The van der Waals surface area contributed by atoms with Crippen LogP contribution in [-0.4, -0.2) is 0 Å². The van der Waals surface area contributed by atoms with Crippen LogP contribution in [0.4, 0.5) is 0 Å². The van der Waals surface area contributed by atoms with E-state index in [1.54, 1.807) is 0 Å². The van der Waals surface area contributed by atoms with Crippen LogP contribution in [0, 0.1) is 0 Å². The van der Waals surface area contributed by atoms with Crippen molar-refractivity contribution in [3.63, 3.8) is 0 Å². The average molecular weight is 727 g/mol. The molecule has 0 bridgehead atoms. The number of furan rings is 1. The molecule has 0 amide bonds. The van der Waals surface area contributed by atoms with Gasteiger partial charge in [-0.1, -0.05) is 194 Å². The number of benzene rings is 10. The van der Waals surface area contributed by atoms with Gasteiger partial charge in [0.25, 0.3) is 0 Å². The molecular weight excluding hydrogens is 689 g/mol. The van der Waals surface area contributed by atoms with Crippen molar-refractivity contribution in [1.29, 1.82) is 0 Å². The molecule has 1 aromatic heterocycles. The highest BCUT2D eigenvalue weighted by Crippen LogP contribution is 2.45. The van der Waals surface area contributed by atoms with Crippen LogP contribution < -0.4 is 0 Å². The molecule has 10 aromatic carbocycles. The van der Waals surface area contributed by atoms with E-state index in [2.05, 4.69) is 212 Å². The predicted molar refractivity (Wildman–Crippen MR) is 241 cm³/mol. The topological polar surface area (TPSA) is 13.1 Å². The first-order valence-electron chi connectivity index (χ1n) is 19.8. The van der Waals surface area contributed by atoms with Crippen molar-refractivity contribution < 1.29 is 4.42 Å². The van der Waals surface area contributed by atoms with Gasteiger partial charge >= 0.3 is 0 Å². The van der Waals surface area contributed by atoms with E-state index in [1.165, 1.54) is 93.2 Å². The zero-order chi connectivity index (χ0) is 37.7. The molecule has 268 valence electrons. The van der Waals surface area contributed by atoms with E-state index >= 15 is 0 Å². The number of hydrogen-bond donors (Lipinski definition) is 0. The maximum atomic E-state index is 6.82. The largest absolute Gasteiger partial charge is 0.456 e. The molecule has 0 aliphatic heterocycles. The van der Waals surface area contributed by atoms with E-state index in [1.807, 2.05) is 0 Å². The lowest BCUT2D eigenvalue weighted by Crippen LogP contribution is -2.06. The molecule has 1 heterocycles. The van der Waals surface area contributed by atoms with Crippen LogP contribution in [0.1, 0.15) is 22.6 Å². The van der Waals surface area contributed by atoms with E-state index in [0.29, 0.717) is 0 Å². The Bertz CT molecular complexity index is 3230. The normalized spacial score (nSPS) is 12.2. The Morgan fingerprint density at radius 3 is 1.63 bits per heavy atom. The minimum Gasteiger partial charge on any atom is -0.456 e. The van der Waals surface area contributed by atoms with E-state index < -0.39 is 0 Å². The van der Waals surface area contributed by atoms with Gasteiger partial charge in [-0.3, -0.25) is 0 Å². The first kappa shape index (κ1) is 33.1. The van der Waals surface area contributed by atoms with Crippen molar-refractivity contribution in [3.05, 3.63) is 229 Å². The number of hydrogen-bond acceptors (Lipinski definition) is 1. The fourth-order valence-corrected chi connectivity index (χ4v) is 9.15. The lowest BCUT2D eigenvalue weighted by molar-refractivity contribution is 0.668. The summed E-state index contributed by atoms with van der Waals surface area (Å²) in [5, 5.41) is 9.92. The molecule has 11 aromatic rings. The van der Waals surface area contributed by atoms with Crippen molar-refractivity contribution in [2.24, 2.45) is 0 Å². The maximum Gasteiger partial charge on any atom is 0.136 e. The molecule has 1 heteroatoms. The van der Waals surface area contributed by atoms with Gasteiger partial charge in [0.05, 0.1) is 0 Å². The Kier molecular flexibility index (Phi) is 8.03. The summed E-state index contributed by atoms with van der Waals surface area (Å²) in [6.45, 7) is 0. The van der Waals surface area contributed by atoms with Gasteiger partial charge in [-0.05, 0) is 107 Å². The highest BCUT2D eigenvalue weighted by molar-refractivity contribution is 6.23. The Labute approximate surface area is 332 Å². The number of rotatable bonds is 7. The monoisotopic (exact) mass is 726 g/mol. The van der Waals surface area contributed by atoms with E-state index in [9.17, 15) is 0 Å². The smallest absolute Gasteiger partial charge is 0.136 e. The second-order valence-electron chi connectivity index (χ2n) is 15.2. The molecule has 11 rings (SSSR count). The van der Waals surface area contributed by atoms with Crippen LogP contribution in [-0.2, 0) is 6.42 Å². The van der Waals surface area contributed by atoms with Gasteiger partial charge in [-0.2, -0.15) is 0 Å². The zero-order valence-corrected chi connectivity index (χ0v) is 31.4. The Hall–Kier alpha value is -7.22. The third kappa shape index (κ3) is 5.79. The molecule has 57 heavy (non-hydrogen) atoms. The van der Waals surface area contributed by atoms with Crippen molar-refractivity contribution in [1.82, 2.24) is 0 Å². The molecule has 0 spiro atoms. The average Bonchev–Trinajstić information content (AvgIpc) is 3.68. The minimum absolute atomic E-state index is 0.0760. The van der Waals surface area contributed by atoms with Gasteiger partial charge in [0.1, 0.15) is 11.2 Å². The van der Waals surface area contributed by atoms with Gasteiger partial charge in [0.2, 0.25) is 0 Å². The fourth-order valence-electron chi connectivity index (χ4n) is 9.15. The lowest BCUT2D eigenvalue weighted by Gasteiger charge is -2.21. The molecule has 0 aliphatic rings. The molecular formula is C56H38O. The minimum atomic E-state index is 0.0760. The van der Waals surface area contributed by atoms with Gasteiger partial charge in [-0.15, -0.1) is 0 Å². The zero-order valence-electron chi connectivity index (χ0n) is 31.4. The Balaban J connectivity index is 1.09. The van der Waals surface area contributed by atoms with Crippen LogP contribution in [0.5, 0.6) is 0 Å². The SMILES string of the molecule is c1ccc(-c2ccc(CC(c3ccc(-c4cc5ccccc5c5ccccc45)cc3)c3cccc4oc5cc(-c6ccccc6)c6ccccc6c5c34)cc2)cc1. The molecule has 1 atom stereocenters. The molecule has 0 radical (unpaired) electrons. The summed E-state index contributed by atoms with van der Waals surface area (Å²) < 4.78 is 6.82. The van der Waals surface area contributed by atoms with E-state index in [-0.39, 0.29) is 5.92 Å². The summed E-state index contributed by atoms with van der Waals surface area (Å²) in [5.41, 5.74) is 13.0. The molecule has 1 unspecified atom stereocenters. The van der Waals surface area contributed by atoms with Gasteiger partial charge in [-0.25, -0.2) is 0 Å². The van der Waals surface area contributed by atoms with Gasteiger partial charge < -0.3 is 4.42 Å². The summed E-state index contributed by atoms with van der Waals surface area (Å²) in [5.74, 6) is 0.0760. The first-order valence-corrected chi connectivity index (χ1v) is 19.8. The van der Waals surface area contributed by atoms with Gasteiger partial charge in [0.15, 0.2) is 0 Å². The van der Waals surface area contributed by atoms with E-state index in [0.717, 1.165) is 17.6 Å². The summed E-state index contributed by atoms with van der Waals surface area (Å²) in [4.78, 5) is 0. The van der Waals surface area contributed by atoms with Crippen molar-refractivity contribution in [2.75, 3.05) is 0 Å². The highest BCUT2D eigenvalue weighted by atomic mass is 16.3. The summed E-state index contributed by atoms with van der Waals surface area (Å²) >= 11 is 0. The highest BCUT2D eigenvalue weighted by Gasteiger charge is 2.23.